The average molecular weight is 650 g/mol. The highest BCUT2D eigenvalue weighted by atomic mass is 16.2. The number of nitrogens with one attached hydrogen (secondary N) is 4. The SMILES string of the molecule is CC(C)C[C@@H](NC(=O)[C@@H](CCc1ccccc1)NC(=O)[C@H](N)Cc1ccccc1)C(=O)N[C@H](CCCCN)C(=O)N1CCCNCC1. The van der Waals surface area contributed by atoms with Crippen LogP contribution in [0, 0.1) is 5.92 Å². The molecule has 0 unspecified atom stereocenters. The molecule has 4 atom stereocenters. The number of amides is 4. The van der Waals surface area contributed by atoms with Gasteiger partial charge in [-0.3, -0.25) is 19.2 Å². The van der Waals surface area contributed by atoms with E-state index in [0.29, 0.717) is 64.7 Å². The zero-order valence-corrected chi connectivity index (χ0v) is 28.1. The number of nitrogens with two attached hydrogens (primary N) is 2. The van der Waals surface area contributed by atoms with Crippen molar-refractivity contribution in [2.75, 3.05) is 32.7 Å². The molecular formula is C36H55N7O4. The molecule has 0 spiro atoms. The Labute approximate surface area is 280 Å². The fourth-order valence-electron chi connectivity index (χ4n) is 5.75. The lowest BCUT2D eigenvalue weighted by Crippen LogP contribution is -2.58. The molecule has 1 fully saturated rings. The Bertz CT molecular complexity index is 1240. The second-order valence-electron chi connectivity index (χ2n) is 12.8. The van der Waals surface area contributed by atoms with Crippen molar-refractivity contribution in [2.45, 2.75) is 89.4 Å². The highest BCUT2D eigenvalue weighted by Crippen LogP contribution is 2.12. The van der Waals surface area contributed by atoms with Crippen LogP contribution in [-0.2, 0) is 32.0 Å². The summed E-state index contributed by atoms with van der Waals surface area (Å²) in [7, 11) is 0. The van der Waals surface area contributed by atoms with Crippen LogP contribution in [0.2, 0.25) is 0 Å². The molecule has 0 aliphatic carbocycles. The lowest BCUT2D eigenvalue weighted by Gasteiger charge is -2.29. The molecule has 8 N–H and O–H groups in total. The molecule has 1 heterocycles. The molecule has 47 heavy (non-hydrogen) atoms. The number of hydrogen-bond acceptors (Lipinski definition) is 7. The van der Waals surface area contributed by atoms with Crippen molar-refractivity contribution in [3.05, 3.63) is 71.8 Å². The van der Waals surface area contributed by atoms with Crippen LogP contribution in [0.15, 0.2) is 60.7 Å². The third-order valence-electron chi connectivity index (χ3n) is 8.39. The van der Waals surface area contributed by atoms with Crippen LogP contribution < -0.4 is 32.7 Å². The van der Waals surface area contributed by atoms with Crippen molar-refractivity contribution in [3.63, 3.8) is 0 Å². The number of rotatable bonds is 18. The van der Waals surface area contributed by atoms with Gasteiger partial charge in [-0.25, -0.2) is 0 Å². The number of benzene rings is 2. The number of hydrogen-bond donors (Lipinski definition) is 6. The summed E-state index contributed by atoms with van der Waals surface area (Å²) in [6.07, 6.45) is 4.28. The van der Waals surface area contributed by atoms with Crippen LogP contribution in [-0.4, -0.2) is 85.4 Å². The van der Waals surface area contributed by atoms with Crippen molar-refractivity contribution in [2.24, 2.45) is 17.4 Å². The monoisotopic (exact) mass is 649 g/mol. The lowest BCUT2D eigenvalue weighted by molar-refractivity contribution is -0.138. The highest BCUT2D eigenvalue weighted by molar-refractivity contribution is 5.94. The van der Waals surface area contributed by atoms with Gasteiger partial charge in [0, 0.05) is 19.6 Å². The molecule has 258 valence electrons. The molecule has 2 aromatic carbocycles. The Hall–Kier alpha value is -3.80. The van der Waals surface area contributed by atoms with Crippen LogP contribution in [0.3, 0.4) is 0 Å². The first-order chi connectivity index (χ1) is 22.7. The second kappa shape index (κ2) is 20.4. The molecule has 1 saturated heterocycles. The van der Waals surface area contributed by atoms with Crippen molar-refractivity contribution in [3.8, 4) is 0 Å². The third-order valence-corrected chi connectivity index (χ3v) is 8.39. The van der Waals surface area contributed by atoms with Crippen LogP contribution in [0.25, 0.3) is 0 Å². The molecule has 11 nitrogen and oxygen atoms in total. The molecule has 1 aliphatic rings. The molecule has 0 aromatic heterocycles. The molecule has 0 bridgehead atoms. The van der Waals surface area contributed by atoms with Gasteiger partial charge in [-0.1, -0.05) is 74.5 Å². The number of unbranched alkanes of at least 4 members (excludes halogenated alkanes) is 1. The molecular weight excluding hydrogens is 594 g/mol. The maximum absolute atomic E-state index is 13.9. The summed E-state index contributed by atoms with van der Waals surface area (Å²) in [5, 5.41) is 12.1. The summed E-state index contributed by atoms with van der Waals surface area (Å²) in [5.74, 6) is -1.36. The molecule has 11 heteroatoms. The third kappa shape index (κ3) is 13.5. The van der Waals surface area contributed by atoms with Gasteiger partial charge in [-0.05, 0) is 81.5 Å². The van der Waals surface area contributed by atoms with Gasteiger partial charge in [-0.2, -0.15) is 0 Å². The predicted molar refractivity (Wildman–Crippen MR) is 185 cm³/mol. The maximum atomic E-state index is 13.9. The van der Waals surface area contributed by atoms with Crippen molar-refractivity contribution in [1.82, 2.24) is 26.2 Å². The minimum absolute atomic E-state index is 0.0748. The van der Waals surface area contributed by atoms with E-state index in [9.17, 15) is 19.2 Å². The quantitative estimate of drug-likeness (QED) is 0.133. The summed E-state index contributed by atoms with van der Waals surface area (Å²) in [6, 6.07) is 15.8. The van der Waals surface area contributed by atoms with Gasteiger partial charge >= 0.3 is 0 Å². The summed E-state index contributed by atoms with van der Waals surface area (Å²) in [6.45, 7) is 7.18. The Morgan fingerprint density at radius 1 is 0.766 bits per heavy atom. The Morgan fingerprint density at radius 2 is 1.38 bits per heavy atom. The lowest BCUT2D eigenvalue weighted by atomic mass is 9.99. The molecule has 3 rings (SSSR count). The highest BCUT2D eigenvalue weighted by Gasteiger charge is 2.32. The van der Waals surface area contributed by atoms with E-state index in [2.05, 4.69) is 21.3 Å². The molecule has 0 saturated carbocycles. The van der Waals surface area contributed by atoms with Crippen LogP contribution in [0.5, 0.6) is 0 Å². The van der Waals surface area contributed by atoms with Gasteiger partial charge < -0.3 is 37.6 Å². The van der Waals surface area contributed by atoms with Gasteiger partial charge in [0.2, 0.25) is 23.6 Å². The Kier molecular flexibility index (Phi) is 16.4. The summed E-state index contributed by atoms with van der Waals surface area (Å²) in [5.41, 5.74) is 13.9. The van der Waals surface area contributed by atoms with Gasteiger partial charge in [0.1, 0.15) is 18.1 Å². The van der Waals surface area contributed by atoms with E-state index < -0.39 is 41.9 Å². The molecule has 0 radical (unpaired) electrons. The first-order valence-corrected chi connectivity index (χ1v) is 17.1. The van der Waals surface area contributed by atoms with Crippen molar-refractivity contribution in [1.29, 1.82) is 0 Å². The van der Waals surface area contributed by atoms with Gasteiger partial charge in [-0.15, -0.1) is 0 Å². The second-order valence-corrected chi connectivity index (χ2v) is 12.8. The normalized spacial score (nSPS) is 16.0. The van der Waals surface area contributed by atoms with Gasteiger partial charge in [0.25, 0.3) is 0 Å². The largest absolute Gasteiger partial charge is 0.343 e. The van der Waals surface area contributed by atoms with Crippen molar-refractivity contribution < 1.29 is 19.2 Å². The predicted octanol–water partition coefficient (Wildman–Crippen LogP) is 1.64. The van der Waals surface area contributed by atoms with Crippen LogP contribution in [0.1, 0.15) is 63.5 Å². The van der Waals surface area contributed by atoms with E-state index in [1.165, 1.54) is 0 Å². The molecule has 4 amide bonds. The number of carbonyl (C=O) groups is 4. The Balaban J connectivity index is 1.75. The van der Waals surface area contributed by atoms with E-state index in [0.717, 1.165) is 30.5 Å². The van der Waals surface area contributed by atoms with Gasteiger partial charge in [0.05, 0.1) is 6.04 Å². The van der Waals surface area contributed by atoms with Crippen LogP contribution >= 0.6 is 0 Å². The zero-order chi connectivity index (χ0) is 34.0. The maximum Gasteiger partial charge on any atom is 0.245 e. The standard InChI is InChI=1S/C36H55N7O4/c1-26(2)24-32(35(46)41-31(16-9-10-19-37)36(47)43-22-11-20-39-21-23-43)42-34(45)30(18-17-27-12-5-3-6-13-27)40-33(44)29(38)25-28-14-7-4-8-15-28/h3-8,12-15,26,29-32,39H,9-11,16-25,37-38H2,1-2H3,(H,40,44)(H,41,46)(H,42,45)/t29-,30-,31-,32-/m1/s1. The summed E-state index contributed by atoms with van der Waals surface area (Å²) >= 11 is 0. The fourth-order valence-corrected chi connectivity index (χ4v) is 5.75. The topological polar surface area (TPSA) is 172 Å². The number of nitrogens with zero attached hydrogens (tertiary/aromatic N) is 1. The minimum atomic E-state index is -0.918. The van der Waals surface area contributed by atoms with E-state index in [1.54, 1.807) is 4.90 Å². The Morgan fingerprint density at radius 3 is 2.04 bits per heavy atom. The first kappa shape index (κ1) is 37.7. The average Bonchev–Trinajstić information content (AvgIpc) is 3.36. The summed E-state index contributed by atoms with van der Waals surface area (Å²) in [4.78, 5) is 56.3. The van der Waals surface area contributed by atoms with E-state index in [4.69, 9.17) is 11.5 Å². The number of carbonyl (C=O) groups excluding carboxylic acids is 4. The van der Waals surface area contributed by atoms with Crippen molar-refractivity contribution >= 4 is 23.6 Å². The number of aryl methyl sites for hydroxylation is 1. The van der Waals surface area contributed by atoms with Crippen LogP contribution in [0.4, 0.5) is 0 Å². The molecule has 2 aromatic rings. The minimum Gasteiger partial charge on any atom is -0.343 e. The molecule has 1 aliphatic heterocycles. The zero-order valence-electron chi connectivity index (χ0n) is 28.1. The first-order valence-electron chi connectivity index (χ1n) is 17.1. The van der Waals surface area contributed by atoms with Gasteiger partial charge in [0.15, 0.2) is 0 Å². The fraction of sp³-hybridized carbons (Fsp3) is 0.556. The smallest absolute Gasteiger partial charge is 0.245 e. The summed E-state index contributed by atoms with van der Waals surface area (Å²) < 4.78 is 0. The van der Waals surface area contributed by atoms with E-state index in [1.807, 2.05) is 74.5 Å². The van der Waals surface area contributed by atoms with E-state index in [-0.39, 0.29) is 11.8 Å². The van der Waals surface area contributed by atoms with E-state index >= 15 is 0 Å².